The molecule has 0 amide bonds. The molecule has 0 aliphatic rings. The molecule has 2 nitrogen and oxygen atoms in total. The second-order valence-corrected chi connectivity index (χ2v) is 5.37. The first-order valence-corrected chi connectivity index (χ1v) is 6.60. The fraction of sp³-hybridized carbons (Fsp3) is 0.200. The molecule has 78 valence electrons. The van der Waals surface area contributed by atoms with Gasteiger partial charge in [0.2, 0.25) is 0 Å². The Morgan fingerprint density at radius 3 is 2.93 bits per heavy atom. The van der Waals surface area contributed by atoms with Crippen molar-refractivity contribution in [1.29, 1.82) is 0 Å². The van der Waals surface area contributed by atoms with E-state index in [4.69, 9.17) is 11.6 Å². The van der Waals surface area contributed by atoms with Gasteiger partial charge in [0.15, 0.2) is 4.34 Å². The van der Waals surface area contributed by atoms with Crippen LogP contribution in [0.1, 0.15) is 12.6 Å². The first-order valence-electron chi connectivity index (χ1n) is 4.52. The van der Waals surface area contributed by atoms with E-state index in [2.05, 4.69) is 22.3 Å². The molecule has 15 heavy (non-hydrogen) atoms. The lowest BCUT2D eigenvalue weighted by Crippen LogP contribution is -1.81. The lowest BCUT2D eigenvalue weighted by Gasteiger charge is -1.96. The number of pyridine rings is 1. The topological polar surface area (TPSA) is 25.8 Å². The first kappa shape index (κ1) is 10.9. The molecule has 0 N–H and O–H groups in total. The zero-order chi connectivity index (χ0) is 10.7. The van der Waals surface area contributed by atoms with Gasteiger partial charge < -0.3 is 0 Å². The molecule has 0 aromatic carbocycles. The molecule has 0 radical (unpaired) electrons. The maximum atomic E-state index is 5.80. The van der Waals surface area contributed by atoms with Gasteiger partial charge in [-0.3, -0.25) is 0 Å². The highest BCUT2D eigenvalue weighted by Crippen LogP contribution is 2.29. The van der Waals surface area contributed by atoms with Gasteiger partial charge in [0.25, 0.3) is 0 Å². The number of thiazole rings is 1. The van der Waals surface area contributed by atoms with Crippen molar-refractivity contribution in [2.45, 2.75) is 22.7 Å². The number of aryl methyl sites for hydroxylation is 1. The second kappa shape index (κ2) is 4.96. The van der Waals surface area contributed by atoms with Crippen molar-refractivity contribution in [3.05, 3.63) is 34.4 Å². The molecular formula is C10H9ClN2S2. The third-order valence-electron chi connectivity index (χ3n) is 1.77. The van der Waals surface area contributed by atoms with E-state index < -0.39 is 0 Å². The fourth-order valence-electron chi connectivity index (χ4n) is 1.03. The summed E-state index contributed by atoms with van der Waals surface area (Å²) in [7, 11) is 0. The zero-order valence-corrected chi connectivity index (χ0v) is 10.5. The summed E-state index contributed by atoms with van der Waals surface area (Å²) in [6.45, 7) is 2.10. The van der Waals surface area contributed by atoms with E-state index in [0.717, 1.165) is 21.5 Å². The van der Waals surface area contributed by atoms with Gasteiger partial charge in [0.05, 0.1) is 5.69 Å². The van der Waals surface area contributed by atoms with E-state index in [1.54, 1.807) is 29.2 Å². The summed E-state index contributed by atoms with van der Waals surface area (Å²) in [6, 6.07) is 5.60. The van der Waals surface area contributed by atoms with Crippen molar-refractivity contribution in [1.82, 2.24) is 9.97 Å². The van der Waals surface area contributed by atoms with Crippen LogP contribution in [0.25, 0.3) is 0 Å². The Kier molecular flexibility index (Phi) is 3.61. The molecule has 0 bridgehead atoms. The van der Waals surface area contributed by atoms with Gasteiger partial charge in [-0.05, 0) is 30.3 Å². The third kappa shape index (κ3) is 2.93. The SMILES string of the molecule is CCc1csc(Sc2cccc(Cl)n2)n1. The quantitative estimate of drug-likeness (QED) is 0.779. The number of rotatable bonds is 3. The number of aromatic nitrogens is 2. The lowest BCUT2D eigenvalue weighted by molar-refractivity contribution is 1.02. The second-order valence-electron chi connectivity index (χ2n) is 2.86. The third-order valence-corrected chi connectivity index (χ3v) is 3.91. The molecule has 0 aliphatic carbocycles. The highest BCUT2D eigenvalue weighted by molar-refractivity contribution is 8.01. The van der Waals surface area contributed by atoms with Crippen LogP contribution in [0.4, 0.5) is 0 Å². The van der Waals surface area contributed by atoms with E-state index in [-0.39, 0.29) is 0 Å². The van der Waals surface area contributed by atoms with Crippen LogP contribution in [0.5, 0.6) is 0 Å². The first-order chi connectivity index (χ1) is 7.28. The minimum atomic E-state index is 0.521. The van der Waals surface area contributed by atoms with Crippen LogP contribution >= 0.6 is 34.7 Å². The highest BCUT2D eigenvalue weighted by atomic mass is 35.5. The number of nitrogens with zero attached hydrogens (tertiary/aromatic N) is 2. The van der Waals surface area contributed by atoms with Crippen LogP contribution < -0.4 is 0 Å². The Morgan fingerprint density at radius 1 is 1.40 bits per heavy atom. The minimum absolute atomic E-state index is 0.521. The van der Waals surface area contributed by atoms with Gasteiger partial charge in [0, 0.05) is 5.38 Å². The molecular weight excluding hydrogens is 248 g/mol. The minimum Gasteiger partial charge on any atom is -0.234 e. The van der Waals surface area contributed by atoms with Crippen molar-refractivity contribution >= 4 is 34.7 Å². The average Bonchev–Trinajstić information content (AvgIpc) is 2.65. The van der Waals surface area contributed by atoms with Gasteiger partial charge in [-0.25, -0.2) is 9.97 Å². The van der Waals surface area contributed by atoms with Crippen molar-refractivity contribution in [2.24, 2.45) is 0 Å². The summed E-state index contributed by atoms with van der Waals surface area (Å²) in [5.74, 6) is 0. The summed E-state index contributed by atoms with van der Waals surface area (Å²) in [5.41, 5.74) is 1.13. The largest absolute Gasteiger partial charge is 0.234 e. The summed E-state index contributed by atoms with van der Waals surface area (Å²) in [6.07, 6.45) is 0.972. The summed E-state index contributed by atoms with van der Waals surface area (Å²) in [4.78, 5) is 8.65. The standard InChI is InChI=1S/C10H9ClN2S2/c1-2-7-6-14-10(12-7)15-9-5-3-4-8(11)13-9/h3-6H,2H2,1H3. The van der Waals surface area contributed by atoms with Crippen LogP contribution in [0, 0.1) is 0 Å². The smallest absolute Gasteiger partial charge is 0.156 e. The van der Waals surface area contributed by atoms with E-state index in [0.29, 0.717) is 5.15 Å². The summed E-state index contributed by atoms with van der Waals surface area (Å²) in [5, 5.41) is 3.49. The molecule has 2 rings (SSSR count). The van der Waals surface area contributed by atoms with Gasteiger partial charge in [-0.2, -0.15) is 0 Å². The molecule has 0 fully saturated rings. The van der Waals surface area contributed by atoms with Crippen molar-refractivity contribution in [2.75, 3.05) is 0 Å². The van der Waals surface area contributed by atoms with Crippen LogP contribution in [-0.2, 0) is 6.42 Å². The molecule has 2 aromatic heterocycles. The predicted octanol–water partition coefficient (Wildman–Crippen LogP) is 3.91. The Hall–Kier alpha value is -0.580. The Labute approximate surface area is 102 Å². The monoisotopic (exact) mass is 256 g/mol. The van der Waals surface area contributed by atoms with Gasteiger partial charge in [-0.1, -0.05) is 24.6 Å². The number of hydrogen-bond acceptors (Lipinski definition) is 4. The van der Waals surface area contributed by atoms with Crippen LogP contribution in [-0.4, -0.2) is 9.97 Å². The van der Waals surface area contributed by atoms with E-state index in [9.17, 15) is 0 Å². The van der Waals surface area contributed by atoms with Crippen molar-refractivity contribution in [3.63, 3.8) is 0 Å². The van der Waals surface area contributed by atoms with E-state index in [1.807, 2.05) is 12.1 Å². The maximum absolute atomic E-state index is 5.80. The van der Waals surface area contributed by atoms with Crippen molar-refractivity contribution in [3.8, 4) is 0 Å². The predicted molar refractivity (Wildman–Crippen MR) is 64.9 cm³/mol. The van der Waals surface area contributed by atoms with Crippen LogP contribution in [0.15, 0.2) is 32.9 Å². The molecule has 0 aliphatic heterocycles. The lowest BCUT2D eigenvalue weighted by atomic mass is 10.4. The highest BCUT2D eigenvalue weighted by Gasteiger charge is 2.04. The maximum Gasteiger partial charge on any atom is 0.156 e. The van der Waals surface area contributed by atoms with Crippen molar-refractivity contribution < 1.29 is 0 Å². The van der Waals surface area contributed by atoms with E-state index in [1.165, 1.54) is 0 Å². The molecule has 0 unspecified atom stereocenters. The average molecular weight is 257 g/mol. The Bertz CT molecular complexity index is 456. The summed E-state index contributed by atoms with van der Waals surface area (Å²) >= 11 is 9.00. The van der Waals surface area contributed by atoms with Crippen LogP contribution in [0.2, 0.25) is 5.15 Å². The van der Waals surface area contributed by atoms with Gasteiger partial charge in [-0.15, -0.1) is 11.3 Å². The molecule has 0 saturated heterocycles. The Balaban J connectivity index is 2.14. The molecule has 2 aromatic rings. The zero-order valence-electron chi connectivity index (χ0n) is 8.11. The molecule has 0 spiro atoms. The molecule has 0 saturated carbocycles. The summed E-state index contributed by atoms with van der Waals surface area (Å²) < 4.78 is 1.02. The van der Waals surface area contributed by atoms with Crippen LogP contribution in [0.3, 0.4) is 0 Å². The number of halogens is 1. The molecule has 2 heterocycles. The molecule has 5 heteroatoms. The number of hydrogen-bond donors (Lipinski definition) is 0. The van der Waals surface area contributed by atoms with Gasteiger partial charge in [0.1, 0.15) is 10.2 Å². The van der Waals surface area contributed by atoms with E-state index >= 15 is 0 Å². The normalized spacial score (nSPS) is 10.5. The fourth-order valence-corrected chi connectivity index (χ4v) is 3.10. The van der Waals surface area contributed by atoms with Gasteiger partial charge >= 0.3 is 0 Å². The Morgan fingerprint density at radius 2 is 2.27 bits per heavy atom. The molecule has 0 atom stereocenters.